The Morgan fingerprint density at radius 1 is 1.47 bits per heavy atom. The van der Waals surface area contributed by atoms with Gasteiger partial charge in [0.15, 0.2) is 0 Å². The van der Waals surface area contributed by atoms with E-state index in [1.807, 2.05) is 31.2 Å². The van der Waals surface area contributed by atoms with Crippen LogP contribution in [0.3, 0.4) is 0 Å². The van der Waals surface area contributed by atoms with E-state index in [-0.39, 0.29) is 18.4 Å². The summed E-state index contributed by atoms with van der Waals surface area (Å²) in [7, 11) is 0. The van der Waals surface area contributed by atoms with Crippen LogP contribution in [0.25, 0.3) is 0 Å². The van der Waals surface area contributed by atoms with Gasteiger partial charge in [0.1, 0.15) is 6.04 Å². The van der Waals surface area contributed by atoms with E-state index in [1.165, 1.54) is 0 Å². The standard InChI is InChI=1S/C15H19N3O/c1-11-5-3-4-6-13(11)18-12(2)8-10-17-15(19)14(18)7-9-16/h3-6,12,14H,7-8,10H2,1-2H3,(H,17,19). The lowest BCUT2D eigenvalue weighted by Gasteiger charge is -2.35. The molecule has 0 bridgehead atoms. The SMILES string of the molecule is Cc1ccccc1N1C(C)CCNC(=O)C1CC#N. The smallest absolute Gasteiger partial charge is 0.243 e. The van der Waals surface area contributed by atoms with Crippen molar-refractivity contribution in [3.8, 4) is 6.07 Å². The molecule has 1 heterocycles. The number of carbonyl (C=O) groups excluding carboxylic acids is 1. The molecule has 0 spiro atoms. The molecular weight excluding hydrogens is 238 g/mol. The molecule has 0 aliphatic carbocycles. The number of nitriles is 1. The average Bonchev–Trinajstić information content (AvgIpc) is 2.52. The molecular formula is C15H19N3O. The number of carbonyl (C=O) groups is 1. The third-order valence-corrected chi connectivity index (χ3v) is 3.65. The Hall–Kier alpha value is -2.02. The first-order valence-electron chi connectivity index (χ1n) is 6.63. The topological polar surface area (TPSA) is 56.1 Å². The van der Waals surface area contributed by atoms with Crippen LogP contribution in [0.2, 0.25) is 0 Å². The molecule has 1 fully saturated rings. The molecule has 100 valence electrons. The van der Waals surface area contributed by atoms with E-state index in [0.29, 0.717) is 6.54 Å². The van der Waals surface area contributed by atoms with E-state index in [0.717, 1.165) is 17.7 Å². The van der Waals surface area contributed by atoms with Crippen LogP contribution in [0.5, 0.6) is 0 Å². The second-order valence-corrected chi connectivity index (χ2v) is 5.00. The summed E-state index contributed by atoms with van der Waals surface area (Å²) in [5.41, 5.74) is 2.18. The van der Waals surface area contributed by atoms with Gasteiger partial charge in [-0.1, -0.05) is 18.2 Å². The monoisotopic (exact) mass is 257 g/mol. The van der Waals surface area contributed by atoms with Gasteiger partial charge in [-0.05, 0) is 31.9 Å². The van der Waals surface area contributed by atoms with E-state index in [4.69, 9.17) is 5.26 Å². The molecule has 1 amide bonds. The summed E-state index contributed by atoms with van der Waals surface area (Å²) in [6, 6.07) is 9.99. The van der Waals surface area contributed by atoms with Gasteiger partial charge in [-0.2, -0.15) is 5.26 Å². The predicted octanol–water partition coefficient (Wildman–Crippen LogP) is 1.99. The van der Waals surface area contributed by atoms with Gasteiger partial charge in [-0.3, -0.25) is 4.79 Å². The van der Waals surface area contributed by atoms with Gasteiger partial charge in [-0.25, -0.2) is 0 Å². The summed E-state index contributed by atoms with van der Waals surface area (Å²) < 4.78 is 0. The molecule has 4 heteroatoms. The van der Waals surface area contributed by atoms with E-state index >= 15 is 0 Å². The van der Waals surface area contributed by atoms with Gasteiger partial charge < -0.3 is 10.2 Å². The zero-order chi connectivity index (χ0) is 13.8. The number of anilines is 1. The van der Waals surface area contributed by atoms with Crippen LogP contribution >= 0.6 is 0 Å². The maximum atomic E-state index is 12.1. The number of aryl methyl sites for hydroxylation is 1. The number of amides is 1. The Kier molecular flexibility index (Phi) is 4.06. The second-order valence-electron chi connectivity index (χ2n) is 5.00. The highest BCUT2D eigenvalue weighted by molar-refractivity contribution is 5.86. The van der Waals surface area contributed by atoms with Crippen molar-refractivity contribution in [3.05, 3.63) is 29.8 Å². The average molecular weight is 257 g/mol. The fraction of sp³-hybridized carbons (Fsp3) is 0.467. The molecule has 1 N–H and O–H groups in total. The number of rotatable bonds is 2. The van der Waals surface area contributed by atoms with Crippen LogP contribution in [-0.4, -0.2) is 24.5 Å². The predicted molar refractivity (Wildman–Crippen MR) is 74.8 cm³/mol. The Labute approximate surface area is 114 Å². The number of hydrogen-bond acceptors (Lipinski definition) is 3. The third-order valence-electron chi connectivity index (χ3n) is 3.65. The number of para-hydroxylation sites is 1. The molecule has 2 atom stereocenters. The molecule has 1 aromatic carbocycles. The highest BCUT2D eigenvalue weighted by Gasteiger charge is 2.32. The molecule has 0 radical (unpaired) electrons. The van der Waals surface area contributed by atoms with E-state index < -0.39 is 6.04 Å². The zero-order valence-electron chi connectivity index (χ0n) is 11.4. The summed E-state index contributed by atoms with van der Waals surface area (Å²) in [5, 5.41) is 11.9. The molecule has 1 aliphatic heterocycles. The molecule has 1 aromatic rings. The summed E-state index contributed by atoms with van der Waals surface area (Å²) >= 11 is 0. The molecule has 2 unspecified atom stereocenters. The number of benzene rings is 1. The zero-order valence-corrected chi connectivity index (χ0v) is 11.4. The van der Waals surface area contributed by atoms with Crippen molar-refractivity contribution < 1.29 is 4.79 Å². The van der Waals surface area contributed by atoms with Crippen LogP contribution in [0.1, 0.15) is 25.3 Å². The summed E-state index contributed by atoms with van der Waals surface area (Å²) in [5.74, 6) is -0.0471. The van der Waals surface area contributed by atoms with Crippen molar-refractivity contribution in [1.29, 1.82) is 5.26 Å². The van der Waals surface area contributed by atoms with Crippen molar-refractivity contribution in [2.45, 2.75) is 38.8 Å². The van der Waals surface area contributed by atoms with Crippen LogP contribution < -0.4 is 10.2 Å². The maximum absolute atomic E-state index is 12.1. The van der Waals surface area contributed by atoms with Gasteiger partial charge >= 0.3 is 0 Å². The van der Waals surface area contributed by atoms with Crippen LogP contribution in [0.4, 0.5) is 5.69 Å². The lowest BCUT2D eigenvalue weighted by atomic mass is 10.0. The Morgan fingerprint density at radius 3 is 2.89 bits per heavy atom. The minimum absolute atomic E-state index is 0.0471. The van der Waals surface area contributed by atoms with Crippen molar-refractivity contribution in [2.75, 3.05) is 11.4 Å². The molecule has 1 saturated heterocycles. The molecule has 0 saturated carbocycles. The van der Waals surface area contributed by atoms with Crippen LogP contribution in [0, 0.1) is 18.3 Å². The number of hydrogen-bond donors (Lipinski definition) is 1. The first kappa shape index (κ1) is 13.4. The fourth-order valence-corrected chi connectivity index (χ4v) is 2.63. The van der Waals surface area contributed by atoms with Crippen molar-refractivity contribution >= 4 is 11.6 Å². The Morgan fingerprint density at radius 2 is 2.21 bits per heavy atom. The minimum atomic E-state index is -0.399. The highest BCUT2D eigenvalue weighted by Crippen LogP contribution is 2.27. The summed E-state index contributed by atoms with van der Waals surface area (Å²) in [6.07, 6.45) is 1.10. The van der Waals surface area contributed by atoms with Crippen molar-refractivity contribution in [1.82, 2.24) is 5.32 Å². The van der Waals surface area contributed by atoms with E-state index in [2.05, 4.69) is 23.2 Å². The maximum Gasteiger partial charge on any atom is 0.243 e. The highest BCUT2D eigenvalue weighted by atomic mass is 16.2. The first-order chi connectivity index (χ1) is 9.15. The van der Waals surface area contributed by atoms with Gasteiger partial charge in [0.05, 0.1) is 12.5 Å². The number of nitrogens with one attached hydrogen (secondary N) is 1. The lowest BCUT2D eigenvalue weighted by molar-refractivity contribution is -0.122. The lowest BCUT2D eigenvalue weighted by Crippen LogP contribution is -2.47. The molecule has 0 aromatic heterocycles. The summed E-state index contributed by atoms with van der Waals surface area (Å²) in [6.45, 7) is 4.82. The second kappa shape index (κ2) is 5.75. The molecule has 1 aliphatic rings. The van der Waals surface area contributed by atoms with Crippen LogP contribution in [-0.2, 0) is 4.79 Å². The van der Waals surface area contributed by atoms with Gasteiger partial charge in [-0.15, -0.1) is 0 Å². The third kappa shape index (κ3) is 2.70. The van der Waals surface area contributed by atoms with Gasteiger partial charge in [0.2, 0.25) is 5.91 Å². The summed E-state index contributed by atoms with van der Waals surface area (Å²) in [4.78, 5) is 14.2. The van der Waals surface area contributed by atoms with E-state index in [9.17, 15) is 4.79 Å². The van der Waals surface area contributed by atoms with Crippen molar-refractivity contribution in [3.63, 3.8) is 0 Å². The van der Waals surface area contributed by atoms with Gasteiger partial charge in [0, 0.05) is 18.3 Å². The number of nitrogens with zero attached hydrogens (tertiary/aromatic N) is 2. The Balaban J connectivity index is 2.44. The molecule has 2 rings (SSSR count). The minimum Gasteiger partial charge on any atom is -0.356 e. The van der Waals surface area contributed by atoms with E-state index in [1.54, 1.807) is 0 Å². The van der Waals surface area contributed by atoms with Crippen molar-refractivity contribution in [2.24, 2.45) is 0 Å². The Bertz CT molecular complexity index is 506. The molecule has 4 nitrogen and oxygen atoms in total. The normalized spacial score (nSPS) is 23.4. The van der Waals surface area contributed by atoms with Gasteiger partial charge in [0.25, 0.3) is 0 Å². The molecule has 19 heavy (non-hydrogen) atoms. The fourth-order valence-electron chi connectivity index (χ4n) is 2.63. The first-order valence-corrected chi connectivity index (χ1v) is 6.63. The largest absolute Gasteiger partial charge is 0.356 e. The van der Waals surface area contributed by atoms with Crippen LogP contribution in [0.15, 0.2) is 24.3 Å². The quantitative estimate of drug-likeness (QED) is 0.881.